The highest BCUT2D eigenvalue weighted by atomic mass is 32.1. The van der Waals surface area contributed by atoms with Crippen LogP contribution < -0.4 is 0 Å². The van der Waals surface area contributed by atoms with Crippen LogP contribution in [0.15, 0.2) is 6.33 Å². The van der Waals surface area contributed by atoms with E-state index in [0.29, 0.717) is 5.92 Å². The highest BCUT2D eigenvalue weighted by Crippen LogP contribution is 2.55. The van der Waals surface area contributed by atoms with Crippen molar-refractivity contribution < 1.29 is 4.79 Å². The third-order valence-electron chi connectivity index (χ3n) is 5.68. The van der Waals surface area contributed by atoms with Crippen molar-refractivity contribution in [2.45, 2.75) is 52.5 Å². The number of hydrogen-bond acceptors (Lipinski definition) is 5. The molecule has 128 valence electrons. The summed E-state index contributed by atoms with van der Waals surface area (Å²) in [5.74, 6) is 1.48. The zero-order valence-corrected chi connectivity index (χ0v) is 15.3. The maximum Gasteiger partial charge on any atom is 0.265 e. The Labute approximate surface area is 145 Å². The molecule has 3 heterocycles. The van der Waals surface area contributed by atoms with Gasteiger partial charge in [0.25, 0.3) is 5.91 Å². The number of hydrogen-bond donors (Lipinski definition) is 0. The number of nitrogens with zero attached hydrogens (tertiary/aromatic N) is 5. The van der Waals surface area contributed by atoms with Crippen molar-refractivity contribution in [2.24, 2.45) is 5.41 Å². The van der Waals surface area contributed by atoms with Crippen LogP contribution in [0.5, 0.6) is 0 Å². The highest BCUT2D eigenvalue weighted by Gasteiger charge is 2.53. The lowest BCUT2D eigenvalue weighted by molar-refractivity contribution is 0.0727. The van der Waals surface area contributed by atoms with Gasteiger partial charge in [0.2, 0.25) is 0 Å². The standard InChI is InChI=1S/C17H23N5OS/c1-4-21-10-18-20-15(21)13-8-22(9-17(13)6-5-7-17)16(23)14-11(2)19-12(3)24-14/h10,13H,4-9H2,1-3H3. The number of rotatable bonds is 3. The van der Waals surface area contributed by atoms with E-state index in [2.05, 4.69) is 26.7 Å². The van der Waals surface area contributed by atoms with E-state index in [-0.39, 0.29) is 11.3 Å². The monoisotopic (exact) mass is 345 g/mol. The molecule has 2 aromatic rings. The van der Waals surface area contributed by atoms with Gasteiger partial charge in [0.1, 0.15) is 17.0 Å². The molecule has 24 heavy (non-hydrogen) atoms. The quantitative estimate of drug-likeness (QED) is 0.858. The van der Waals surface area contributed by atoms with Gasteiger partial charge in [-0.2, -0.15) is 0 Å². The van der Waals surface area contributed by atoms with Crippen molar-refractivity contribution >= 4 is 17.2 Å². The molecular formula is C17H23N5OS. The Kier molecular flexibility index (Phi) is 3.71. The van der Waals surface area contributed by atoms with Gasteiger partial charge in [0, 0.05) is 25.6 Å². The normalized spacial score (nSPS) is 22.1. The molecule has 0 radical (unpaired) electrons. The van der Waals surface area contributed by atoms with E-state index in [1.165, 1.54) is 30.6 Å². The maximum absolute atomic E-state index is 13.0. The Morgan fingerprint density at radius 3 is 2.79 bits per heavy atom. The molecule has 0 bridgehead atoms. The Morgan fingerprint density at radius 1 is 1.42 bits per heavy atom. The molecule has 2 fully saturated rings. The zero-order chi connectivity index (χ0) is 16.9. The van der Waals surface area contributed by atoms with E-state index in [1.807, 2.05) is 25.1 Å². The van der Waals surface area contributed by atoms with Gasteiger partial charge in [0.15, 0.2) is 0 Å². The fraction of sp³-hybridized carbons (Fsp3) is 0.647. The lowest BCUT2D eigenvalue weighted by atomic mass is 9.62. The molecule has 6 nitrogen and oxygen atoms in total. The number of carbonyl (C=O) groups is 1. The molecule has 1 aliphatic heterocycles. The molecule has 4 rings (SSSR count). The molecule has 7 heteroatoms. The lowest BCUT2D eigenvalue weighted by Crippen LogP contribution is -2.38. The van der Waals surface area contributed by atoms with Crippen LogP contribution >= 0.6 is 11.3 Å². The van der Waals surface area contributed by atoms with Crippen molar-refractivity contribution in [1.82, 2.24) is 24.6 Å². The van der Waals surface area contributed by atoms with Gasteiger partial charge in [-0.25, -0.2) is 4.98 Å². The SMILES string of the molecule is CCn1cnnc1C1CN(C(=O)c2sc(C)nc2C)CC12CCC2. The average molecular weight is 345 g/mol. The average Bonchev–Trinajstić information content (AvgIpc) is 3.20. The lowest BCUT2D eigenvalue weighted by Gasteiger charge is -2.42. The molecule has 1 spiro atoms. The van der Waals surface area contributed by atoms with Crippen LogP contribution in [0.4, 0.5) is 0 Å². The third kappa shape index (κ3) is 2.29. The maximum atomic E-state index is 13.0. The smallest absolute Gasteiger partial charge is 0.265 e. The second-order valence-corrected chi connectivity index (χ2v) is 8.28. The number of thiazole rings is 1. The van der Waals surface area contributed by atoms with Crippen LogP contribution in [0.3, 0.4) is 0 Å². The molecular weight excluding hydrogens is 322 g/mol. The van der Waals surface area contributed by atoms with Crippen LogP contribution in [-0.2, 0) is 6.54 Å². The van der Waals surface area contributed by atoms with E-state index in [4.69, 9.17) is 0 Å². The fourth-order valence-electron chi connectivity index (χ4n) is 4.27. The molecule has 1 amide bonds. The number of aryl methyl sites for hydroxylation is 3. The van der Waals surface area contributed by atoms with Gasteiger partial charge < -0.3 is 9.47 Å². The molecule has 2 aliphatic rings. The van der Waals surface area contributed by atoms with Crippen LogP contribution in [0.2, 0.25) is 0 Å². The zero-order valence-electron chi connectivity index (χ0n) is 14.4. The van der Waals surface area contributed by atoms with Gasteiger partial charge in [-0.15, -0.1) is 21.5 Å². The molecule has 1 saturated carbocycles. The molecule has 1 atom stereocenters. The predicted octanol–water partition coefficient (Wildman–Crippen LogP) is 2.78. The van der Waals surface area contributed by atoms with E-state index < -0.39 is 0 Å². The summed E-state index contributed by atoms with van der Waals surface area (Å²) in [4.78, 5) is 20.3. The number of aromatic nitrogens is 4. The van der Waals surface area contributed by atoms with Crippen molar-refractivity contribution in [3.63, 3.8) is 0 Å². The summed E-state index contributed by atoms with van der Waals surface area (Å²) in [6.07, 6.45) is 5.41. The van der Waals surface area contributed by atoms with E-state index >= 15 is 0 Å². The molecule has 1 saturated heterocycles. The molecule has 0 aromatic carbocycles. The van der Waals surface area contributed by atoms with Crippen LogP contribution in [0, 0.1) is 19.3 Å². The molecule has 0 N–H and O–H groups in total. The van der Waals surface area contributed by atoms with Crippen LogP contribution in [0.1, 0.15) is 58.3 Å². The summed E-state index contributed by atoms with van der Waals surface area (Å²) < 4.78 is 2.13. The largest absolute Gasteiger partial charge is 0.337 e. The Hall–Kier alpha value is -1.76. The number of amides is 1. The summed E-state index contributed by atoms with van der Waals surface area (Å²) in [7, 11) is 0. The minimum Gasteiger partial charge on any atom is -0.337 e. The first-order valence-electron chi connectivity index (χ1n) is 8.65. The molecule has 1 unspecified atom stereocenters. The fourth-order valence-corrected chi connectivity index (χ4v) is 5.16. The van der Waals surface area contributed by atoms with Gasteiger partial charge in [-0.3, -0.25) is 4.79 Å². The second-order valence-electron chi connectivity index (χ2n) is 7.08. The summed E-state index contributed by atoms with van der Waals surface area (Å²) in [5, 5.41) is 9.46. The number of likely N-dealkylation sites (tertiary alicyclic amines) is 1. The van der Waals surface area contributed by atoms with Crippen molar-refractivity contribution in [2.75, 3.05) is 13.1 Å². The van der Waals surface area contributed by atoms with Crippen molar-refractivity contribution in [3.05, 3.63) is 27.7 Å². The third-order valence-corrected chi connectivity index (χ3v) is 6.74. The Morgan fingerprint density at radius 2 is 2.21 bits per heavy atom. The molecule has 1 aliphatic carbocycles. The summed E-state index contributed by atoms with van der Waals surface area (Å²) in [6.45, 7) is 8.45. The first-order chi connectivity index (χ1) is 11.5. The molecule has 2 aromatic heterocycles. The second kappa shape index (κ2) is 5.65. The topological polar surface area (TPSA) is 63.9 Å². The minimum absolute atomic E-state index is 0.134. The van der Waals surface area contributed by atoms with E-state index in [0.717, 1.165) is 41.0 Å². The predicted molar refractivity (Wildman–Crippen MR) is 92.2 cm³/mol. The number of carbonyl (C=O) groups excluding carboxylic acids is 1. The van der Waals surface area contributed by atoms with Gasteiger partial charge in [-0.05, 0) is 39.0 Å². The summed E-state index contributed by atoms with van der Waals surface area (Å²) in [5.41, 5.74) is 1.05. The highest BCUT2D eigenvalue weighted by molar-refractivity contribution is 7.13. The van der Waals surface area contributed by atoms with Crippen LogP contribution in [0.25, 0.3) is 0 Å². The Bertz CT molecular complexity index is 776. The van der Waals surface area contributed by atoms with Gasteiger partial charge in [0.05, 0.1) is 10.7 Å². The summed E-state index contributed by atoms with van der Waals surface area (Å²) in [6, 6.07) is 0. The first-order valence-corrected chi connectivity index (χ1v) is 9.47. The van der Waals surface area contributed by atoms with Crippen molar-refractivity contribution in [1.29, 1.82) is 0 Å². The van der Waals surface area contributed by atoms with Crippen LogP contribution in [-0.4, -0.2) is 43.6 Å². The first kappa shape index (κ1) is 15.7. The van der Waals surface area contributed by atoms with E-state index in [9.17, 15) is 4.79 Å². The van der Waals surface area contributed by atoms with Gasteiger partial charge in [-0.1, -0.05) is 6.42 Å². The van der Waals surface area contributed by atoms with E-state index in [1.54, 1.807) is 0 Å². The summed E-state index contributed by atoms with van der Waals surface area (Å²) >= 11 is 1.51. The Balaban J connectivity index is 1.64. The van der Waals surface area contributed by atoms with Crippen molar-refractivity contribution in [3.8, 4) is 0 Å². The minimum atomic E-state index is 0.134. The van der Waals surface area contributed by atoms with Gasteiger partial charge >= 0.3 is 0 Å².